The molecule has 0 fully saturated rings. The first-order valence-electron chi connectivity index (χ1n) is 10.4. The SMILES string of the molecule is CCOC(=O)[C@H](CO)C[C@@H](Cc1ccc(-c2ccccc2)cc1)NC(=O)c1cc(O)no1. The summed E-state index contributed by atoms with van der Waals surface area (Å²) in [6.45, 7) is 1.49. The van der Waals surface area contributed by atoms with Gasteiger partial charge in [0.25, 0.3) is 11.8 Å². The minimum absolute atomic E-state index is 0.149. The number of hydrogen-bond acceptors (Lipinski definition) is 7. The molecule has 1 aromatic heterocycles. The molecule has 0 radical (unpaired) electrons. The van der Waals surface area contributed by atoms with Crippen molar-refractivity contribution < 1.29 is 29.1 Å². The molecule has 8 heteroatoms. The molecular formula is C24H26N2O6. The summed E-state index contributed by atoms with van der Waals surface area (Å²) in [5.74, 6) is -2.44. The smallest absolute Gasteiger partial charge is 0.311 e. The van der Waals surface area contributed by atoms with E-state index in [0.717, 1.165) is 22.8 Å². The number of aromatic nitrogens is 1. The highest BCUT2D eigenvalue weighted by Crippen LogP contribution is 2.21. The summed E-state index contributed by atoms with van der Waals surface area (Å²) in [4.78, 5) is 24.7. The Hall–Kier alpha value is -3.65. The molecule has 2 atom stereocenters. The van der Waals surface area contributed by atoms with Crippen molar-refractivity contribution in [1.29, 1.82) is 0 Å². The van der Waals surface area contributed by atoms with Crippen LogP contribution in [-0.4, -0.2) is 46.5 Å². The van der Waals surface area contributed by atoms with Gasteiger partial charge in [0.05, 0.1) is 25.2 Å². The van der Waals surface area contributed by atoms with Gasteiger partial charge in [-0.05, 0) is 41.6 Å². The van der Waals surface area contributed by atoms with Gasteiger partial charge in [-0.3, -0.25) is 9.59 Å². The van der Waals surface area contributed by atoms with E-state index in [1.54, 1.807) is 6.92 Å². The van der Waals surface area contributed by atoms with E-state index in [0.29, 0.717) is 6.42 Å². The maximum absolute atomic E-state index is 12.5. The van der Waals surface area contributed by atoms with E-state index in [-0.39, 0.29) is 18.8 Å². The summed E-state index contributed by atoms with van der Waals surface area (Å²) >= 11 is 0. The molecule has 1 amide bonds. The topological polar surface area (TPSA) is 122 Å². The fourth-order valence-electron chi connectivity index (χ4n) is 3.42. The number of aliphatic hydroxyl groups excluding tert-OH is 1. The van der Waals surface area contributed by atoms with E-state index in [1.165, 1.54) is 0 Å². The van der Waals surface area contributed by atoms with Gasteiger partial charge in [-0.15, -0.1) is 0 Å². The van der Waals surface area contributed by atoms with E-state index in [4.69, 9.17) is 9.26 Å². The van der Waals surface area contributed by atoms with Crippen LogP contribution in [0.5, 0.6) is 5.88 Å². The standard InChI is InChI=1S/C24H26N2O6/c1-2-31-24(30)19(15-27)13-20(25-23(29)21-14-22(28)26-32-21)12-16-8-10-18(11-9-16)17-6-4-3-5-7-17/h3-11,14,19-20,27H,2,12-13,15H2,1H3,(H,25,29)(H,26,28)/t19-,20+/m0/s1. The lowest BCUT2D eigenvalue weighted by molar-refractivity contribution is -0.149. The monoisotopic (exact) mass is 438 g/mol. The molecule has 0 bridgehead atoms. The first-order chi connectivity index (χ1) is 15.5. The largest absolute Gasteiger partial charge is 0.491 e. The average molecular weight is 438 g/mol. The number of rotatable bonds is 10. The van der Waals surface area contributed by atoms with Gasteiger partial charge in [-0.25, -0.2) is 0 Å². The Labute approximate surface area is 185 Å². The number of nitrogens with zero attached hydrogens (tertiary/aromatic N) is 1. The molecule has 0 aliphatic heterocycles. The highest BCUT2D eigenvalue weighted by molar-refractivity contribution is 5.91. The van der Waals surface area contributed by atoms with Gasteiger partial charge in [0.15, 0.2) is 0 Å². The van der Waals surface area contributed by atoms with Gasteiger partial charge >= 0.3 is 5.97 Å². The Kier molecular flexibility index (Phi) is 7.99. The number of nitrogens with one attached hydrogen (secondary N) is 1. The summed E-state index contributed by atoms with van der Waals surface area (Å²) in [6.07, 6.45) is 0.582. The molecule has 0 aliphatic carbocycles. The van der Waals surface area contributed by atoms with Gasteiger partial charge in [0, 0.05) is 6.04 Å². The molecule has 0 saturated heterocycles. The molecular weight excluding hydrogens is 412 g/mol. The quantitative estimate of drug-likeness (QED) is 0.416. The molecule has 0 saturated carbocycles. The highest BCUT2D eigenvalue weighted by Gasteiger charge is 2.26. The van der Waals surface area contributed by atoms with Gasteiger partial charge in [-0.2, -0.15) is 0 Å². The number of carbonyl (C=O) groups excluding carboxylic acids is 2. The van der Waals surface area contributed by atoms with Crippen LogP contribution in [0.3, 0.4) is 0 Å². The lowest BCUT2D eigenvalue weighted by Crippen LogP contribution is -2.40. The molecule has 32 heavy (non-hydrogen) atoms. The van der Waals surface area contributed by atoms with Crippen LogP contribution < -0.4 is 5.32 Å². The van der Waals surface area contributed by atoms with Crippen LogP contribution in [-0.2, 0) is 16.0 Å². The molecule has 8 nitrogen and oxygen atoms in total. The fourth-order valence-corrected chi connectivity index (χ4v) is 3.42. The second-order valence-electron chi connectivity index (χ2n) is 7.35. The van der Waals surface area contributed by atoms with Crippen molar-refractivity contribution in [2.75, 3.05) is 13.2 Å². The van der Waals surface area contributed by atoms with Gasteiger partial charge in [-0.1, -0.05) is 54.6 Å². The second-order valence-corrected chi connectivity index (χ2v) is 7.35. The Morgan fingerprint density at radius 3 is 2.38 bits per heavy atom. The summed E-state index contributed by atoms with van der Waals surface area (Å²) in [6, 6.07) is 18.5. The van der Waals surface area contributed by atoms with Crippen molar-refractivity contribution >= 4 is 11.9 Å². The maximum Gasteiger partial charge on any atom is 0.311 e. The zero-order chi connectivity index (χ0) is 22.9. The van der Waals surface area contributed by atoms with Crippen molar-refractivity contribution in [3.63, 3.8) is 0 Å². The Bertz CT molecular complexity index is 1020. The third-order valence-corrected chi connectivity index (χ3v) is 5.01. The summed E-state index contributed by atoms with van der Waals surface area (Å²) in [5, 5.41) is 25.1. The number of ether oxygens (including phenoxy) is 1. The molecule has 3 N–H and O–H groups in total. The third-order valence-electron chi connectivity index (χ3n) is 5.01. The van der Waals surface area contributed by atoms with Crippen LogP contribution in [0.2, 0.25) is 0 Å². The molecule has 0 unspecified atom stereocenters. The number of carbonyl (C=O) groups is 2. The Balaban J connectivity index is 1.76. The van der Waals surface area contributed by atoms with E-state index in [2.05, 4.69) is 10.5 Å². The lowest BCUT2D eigenvalue weighted by atomic mass is 9.94. The number of amides is 1. The maximum atomic E-state index is 12.5. The zero-order valence-corrected chi connectivity index (χ0v) is 17.7. The predicted octanol–water partition coefficient (Wildman–Crippen LogP) is 2.95. The normalized spacial score (nSPS) is 12.7. The molecule has 1 heterocycles. The molecule has 2 aromatic carbocycles. The van der Waals surface area contributed by atoms with Gasteiger partial charge < -0.3 is 24.8 Å². The lowest BCUT2D eigenvalue weighted by Gasteiger charge is -2.22. The van der Waals surface area contributed by atoms with Crippen molar-refractivity contribution in [1.82, 2.24) is 10.5 Å². The number of benzene rings is 2. The van der Waals surface area contributed by atoms with E-state index < -0.39 is 36.3 Å². The number of aromatic hydroxyl groups is 1. The summed E-state index contributed by atoms with van der Waals surface area (Å²) in [5.41, 5.74) is 3.10. The first-order valence-corrected chi connectivity index (χ1v) is 10.4. The average Bonchev–Trinajstić information content (AvgIpc) is 3.25. The van der Waals surface area contributed by atoms with E-state index in [9.17, 15) is 19.8 Å². The van der Waals surface area contributed by atoms with Crippen LogP contribution in [0.15, 0.2) is 65.2 Å². The van der Waals surface area contributed by atoms with Crippen molar-refractivity contribution in [3.05, 3.63) is 72.0 Å². The van der Waals surface area contributed by atoms with Gasteiger partial charge in [0.2, 0.25) is 5.76 Å². The molecule has 168 valence electrons. The van der Waals surface area contributed by atoms with E-state index in [1.807, 2.05) is 54.6 Å². The summed E-state index contributed by atoms with van der Waals surface area (Å²) < 4.78 is 9.84. The van der Waals surface area contributed by atoms with Crippen LogP contribution in [0, 0.1) is 5.92 Å². The number of hydrogen-bond donors (Lipinski definition) is 3. The molecule has 0 aliphatic rings. The predicted molar refractivity (Wildman–Crippen MR) is 117 cm³/mol. The second kappa shape index (κ2) is 11.1. The minimum atomic E-state index is -0.785. The molecule has 3 rings (SSSR count). The van der Waals surface area contributed by atoms with E-state index >= 15 is 0 Å². The van der Waals surface area contributed by atoms with Crippen molar-refractivity contribution in [2.24, 2.45) is 5.92 Å². The van der Waals surface area contributed by atoms with Gasteiger partial charge in [0.1, 0.15) is 0 Å². The number of esters is 1. The Morgan fingerprint density at radius 1 is 1.09 bits per heavy atom. The molecule has 3 aromatic rings. The van der Waals surface area contributed by atoms with Crippen molar-refractivity contribution in [3.8, 4) is 17.0 Å². The van der Waals surface area contributed by atoms with Crippen LogP contribution in [0.25, 0.3) is 11.1 Å². The van der Waals surface area contributed by atoms with Crippen LogP contribution >= 0.6 is 0 Å². The number of aliphatic hydroxyl groups is 1. The third kappa shape index (κ3) is 6.18. The summed E-state index contributed by atoms with van der Waals surface area (Å²) in [7, 11) is 0. The van der Waals surface area contributed by atoms with Crippen molar-refractivity contribution in [2.45, 2.75) is 25.8 Å². The Morgan fingerprint density at radius 2 is 1.78 bits per heavy atom. The molecule has 0 spiro atoms. The fraction of sp³-hybridized carbons (Fsp3) is 0.292. The van der Waals surface area contributed by atoms with Crippen LogP contribution in [0.4, 0.5) is 0 Å². The first kappa shape index (κ1) is 23.0. The zero-order valence-electron chi connectivity index (χ0n) is 17.7. The minimum Gasteiger partial charge on any atom is -0.491 e. The highest BCUT2D eigenvalue weighted by atomic mass is 16.5. The van der Waals surface area contributed by atoms with Crippen LogP contribution in [0.1, 0.15) is 29.5 Å².